The fraction of sp³-hybridized carbons (Fsp3) is 0.455. The lowest BCUT2D eigenvalue weighted by Gasteiger charge is -2.30. The number of anilines is 1. The predicted molar refractivity (Wildman–Crippen MR) is 110 cm³/mol. The van der Waals surface area contributed by atoms with Crippen LogP contribution in [0.1, 0.15) is 48.5 Å². The van der Waals surface area contributed by atoms with Gasteiger partial charge in [-0.15, -0.1) is 0 Å². The number of hydrogen-bond donors (Lipinski definition) is 1. The molecule has 1 aromatic carbocycles. The van der Waals surface area contributed by atoms with Crippen LogP contribution in [0.5, 0.6) is 0 Å². The van der Waals surface area contributed by atoms with Gasteiger partial charge >= 0.3 is 0 Å². The van der Waals surface area contributed by atoms with Crippen LogP contribution in [0.2, 0.25) is 0 Å². The summed E-state index contributed by atoms with van der Waals surface area (Å²) in [6, 6.07) is 9.71. The molecule has 2 aromatic rings. The van der Waals surface area contributed by atoms with E-state index in [1.807, 2.05) is 47.2 Å². The van der Waals surface area contributed by atoms with Gasteiger partial charge in [0, 0.05) is 32.6 Å². The zero-order valence-electron chi connectivity index (χ0n) is 17.0. The Morgan fingerprint density at radius 2 is 1.97 bits per heavy atom. The molecule has 4 rings (SSSR count). The van der Waals surface area contributed by atoms with Crippen molar-refractivity contribution in [2.45, 2.75) is 45.2 Å². The van der Waals surface area contributed by atoms with Crippen molar-refractivity contribution in [3.05, 3.63) is 53.0 Å². The molecular formula is C22H27N5O2. The minimum Gasteiger partial charge on any atom is -0.373 e. The van der Waals surface area contributed by atoms with Gasteiger partial charge in [-0.1, -0.05) is 30.3 Å². The highest BCUT2D eigenvalue weighted by Gasteiger charge is 2.33. The van der Waals surface area contributed by atoms with Crippen LogP contribution < -0.4 is 5.32 Å². The van der Waals surface area contributed by atoms with Crippen molar-refractivity contribution in [3.8, 4) is 0 Å². The number of benzene rings is 1. The maximum Gasteiger partial charge on any atom is 0.227 e. The summed E-state index contributed by atoms with van der Waals surface area (Å²) < 4.78 is 0. The zero-order valence-corrected chi connectivity index (χ0v) is 17.0. The smallest absolute Gasteiger partial charge is 0.227 e. The van der Waals surface area contributed by atoms with Gasteiger partial charge < -0.3 is 15.1 Å². The summed E-state index contributed by atoms with van der Waals surface area (Å²) in [6.07, 6.45) is 2.94. The summed E-state index contributed by atoms with van der Waals surface area (Å²) in [7, 11) is 1.86. The Kier molecular flexibility index (Phi) is 5.47. The standard InChI is InChI=1S/C22H27N5O2/c1-15(28)26-12-10-17-18(14-26)24-22(25-21(17)23-2)19-9-6-11-27(19)20(29)13-16-7-4-3-5-8-16/h3-5,7-8,19H,6,9-14H2,1-2H3,(H,23,24,25). The van der Waals surface area contributed by atoms with E-state index < -0.39 is 0 Å². The lowest BCUT2D eigenvalue weighted by atomic mass is 10.0. The minimum absolute atomic E-state index is 0.0577. The topological polar surface area (TPSA) is 78.4 Å². The second-order valence-electron chi connectivity index (χ2n) is 7.70. The fourth-order valence-electron chi connectivity index (χ4n) is 4.28. The molecule has 7 nitrogen and oxygen atoms in total. The van der Waals surface area contributed by atoms with E-state index in [2.05, 4.69) is 5.32 Å². The predicted octanol–water partition coefficient (Wildman–Crippen LogP) is 2.33. The third-order valence-corrected chi connectivity index (χ3v) is 5.83. The number of aromatic nitrogens is 2. The van der Waals surface area contributed by atoms with Crippen LogP contribution in [0, 0.1) is 0 Å². The average Bonchev–Trinajstić information content (AvgIpc) is 3.23. The van der Waals surface area contributed by atoms with Crippen LogP contribution >= 0.6 is 0 Å². The number of hydrogen-bond acceptors (Lipinski definition) is 5. The molecule has 152 valence electrons. The van der Waals surface area contributed by atoms with Crippen LogP contribution in [0.25, 0.3) is 0 Å². The molecule has 1 aromatic heterocycles. The maximum absolute atomic E-state index is 13.0. The second kappa shape index (κ2) is 8.19. The Labute approximate surface area is 171 Å². The van der Waals surface area contributed by atoms with Gasteiger partial charge in [-0.2, -0.15) is 0 Å². The van der Waals surface area contributed by atoms with Crippen molar-refractivity contribution < 1.29 is 9.59 Å². The van der Waals surface area contributed by atoms with Gasteiger partial charge in [0.1, 0.15) is 5.82 Å². The number of rotatable bonds is 4. The highest BCUT2D eigenvalue weighted by atomic mass is 16.2. The van der Waals surface area contributed by atoms with Crippen molar-refractivity contribution >= 4 is 17.6 Å². The van der Waals surface area contributed by atoms with E-state index in [-0.39, 0.29) is 17.9 Å². The Balaban J connectivity index is 1.60. The van der Waals surface area contributed by atoms with E-state index >= 15 is 0 Å². The van der Waals surface area contributed by atoms with Crippen molar-refractivity contribution in [1.29, 1.82) is 0 Å². The number of carbonyl (C=O) groups excluding carboxylic acids is 2. The van der Waals surface area contributed by atoms with Gasteiger partial charge in [-0.3, -0.25) is 9.59 Å². The summed E-state index contributed by atoms with van der Waals surface area (Å²) in [5, 5.41) is 3.19. The first-order chi connectivity index (χ1) is 14.1. The van der Waals surface area contributed by atoms with Gasteiger partial charge in [0.05, 0.1) is 24.7 Å². The van der Waals surface area contributed by atoms with Gasteiger partial charge in [-0.05, 0) is 24.8 Å². The molecule has 0 aliphatic carbocycles. The molecule has 1 saturated heterocycles. The van der Waals surface area contributed by atoms with Gasteiger partial charge in [0.2, 0.25) is 11.8 Å². The van der Waals surface area contributed by atoms with Crippen LogP contribution in [0.3, 0.4) is 0 Å². The largest absolute Gasteiger partial charge is 0.373 e. The number of amides is 2. The molecule has 0 bridgehead atoms. The van der Waals surface area contributed by atoms with Crippen molar-refractivity contribution in [1.82, 2.24) is 19.8 Å². The molecule has 7 heteroatoms. The molecule has 1 fully saturated rings. The van der Waals surface area contributed by atoms with Crippen molar-refractivity contribution in [2.24, 2.45) is 0 Å². The summed E-state index contributed by atoms with van der Waals surface area (Å²) in [5.74, 6) is 1.66. The molecule has 1 N–H and O–H groups in total. The zero-order chi connectivity index (χ0) is 20.4. The van der Waals surface area contributed by atoms with E-state index in [0.29, 0.717) is 25.3 Å². The molecule has 0 spiro atoms. The van der Waals surface area contributed by atoms with Crippen molar-refractivity contribution in [2.75, 3.05) is 25.5 Å². The van der Waals surface area contributed by atoms with E-state index in [9.17, 15) is 9.59 Å². The molecule has 29 heavy (non-hydrogen) atoms. The number of likely N-dealkylation sites (tertiary alicyclic amines) is 1. The Morgan fingerprint density at radius 3 is 2.69 bits per heavy atom. The van der Waals surface area contributed by atoms with Crippen LogP contribution in [-0.4, -0.2) is 51.7 Å². The lowest BCUT2D eigenvalue weighted by molar-refractivity contribution is -0.131. The summed E-state index contributed by atoms with van der Waals surface area (Å²) in [4.78, 5) is 38.2. The maximum atomic E-state index is 13.0. The molecule has 0 radical (unpaired) electrons. The van der Waals surface area contributed by atoms with Crippen molar-refractivity contribution in [3.63, 3.8) is 0 Å². The molecular weight excluding hydrogens is 366 g/mol. The third-order valence-electron chi connectivity index (χ3n) is 5.83. The van der Waals surface area contributed by atoms with Crippen LogP contribution in [-0.2, 0) is 29.0 Å². The molecule has 0 saturated carbocycles. The lowest BCUT2D eigenvalue weighted by Crippen LogP contribution is -2.37. The molecule has 1 unspecified atom stereocenters. The normalized spacial score (nSPS) is 18.5. The summed E-state index contributed by atoms with van der Waals surface area (Å²) in [6.45, 7) is 3.50. The first kappa shape index (κ1) is 19.4. The Hall–Kier alpha value is -2.96. The number of carbonyl (C=O) groups is 2. The Morgan fingerprint density at radius 1 is 1.17 bits per heavy atom. The summed E-state index contributed by atoms with van der Waals surface area (Å²) in [5.41, 5.74) is 2.99. The highest BCUT2D eigenvalue weighted by Crippen LogP contribution is 2.33. The van der Waals surface area contributed by atoms with Gasteiger partial charge in [-0.25, -0.2) is 9.97 Å². The SMILES string of the molecule is CNc1nc(C2CCCN2C(=O)Cc2ccccc2)nc2c1CCN(C(C)=O)C2. The molecule has 2 aliphatic heterocycles. The van der Waals surface area contributed by atoms with Crippen LogP contribution in [0.4, 0.5) is 5.82 Å². The second-order valence-corrected chi connectivity index (χ2v) is 7.70. The first-order valence-corrected chi connectivity index (χ1v) is 10.2. The molecule has 2 amide bonds. The van der Waals surface area contributed by atoms with Gasteiger partial charge in [0.15, 0.2) is 5.82 Å². The van der Waals surface area contributed by atoms with E-state index in [0.717, 1.165) is 48.4 Å². The first-order valence-electron chi connectivity index (χ1n) is 10.2. The number of nitrogens with zero attached hydrogens (tertiary/aromatic N) is 4. The number of fused-ring (bicyclic) bond motifs is 1. The third kappa shape index (κ3) is 3.95. The van der Waals surface area contributed by atoms with E-state index in [1.165, 1.54) is 0 Å². The minimum atomic E-state index is -0.115. The van der Waals surface area contributed by atoms with Crippen LogP contribution in [0.15, 0.2) is 30.3 Å². The quantitative estimate of drug-likeness (QED) is 0.863. The Bertz CT molecular complexity index is 915. The fourth-order valence-corrected chi connectivity index (χ4v) is 4.28. The summed E-state index contributed by atoms with van der Waals surface area (Å²) >= 11 is 0. The molecule has 3 heterocycles. The number of nitrogens with one attached hydrogen (secondary N) is 1. The van der Waals surface area contributed by atoms with E-state index in [1.54, 1.807) is 6.92 Å². The molecule has 1 atom stereocenters. The van der Waals surface area contributed by atoms with E-state index in [4.69, 9.17) is 9.97 Å². The monoisotopic (exact) mass is 393 g/mol. The van der Waals surface area contributed by atoms with Gasteiger partial charge in [0.25, 0.3) is 0 Å². The average molecular weight is 393 g/mol. The molecule has 2 aliphatic rings. The highest BCUT2D eigenvalue weighted by molar-refractivity contribution is 5.79.